The third-order valence-corrected chi connectivity index (χ3v) is 5.51. The van der Waals surface area contributed by atoms with Gasteiger partial charge in [-0.3, -0.25) is 9.79 Å². The second-order valence-corrected chi connectivity index (χ2v) is 7.56. The van der Waals surface area contributed by atoms with Gasteiger partial charge in [0.2, 0.25) is 0 Å². The van der Waals surface area contributed by atoms with E-state index in [1.165, 1.54) is 6.20 Å². The number of anilines is 1. The first-order chi connectivity index (χ1) is 14.0. The van der Waals surface area contributed by atoms with E-state index in [1.54, 1.807) is 4.68 Å². The molecule has 0 saturated carbocycles. The lowest BCUT2D eigenvalue weighted by Crippen LogP contribution is -2.08. The molecule has 3 aromatic rings. The number of nitrogens with two attached hydrogens (primary N) is 1. The summed E-state index contributed by atoms with van der Waals surface area (Å²) in [6, 6.07) is 11.6. The molecule has 1 aliphatic heterocycles. The molecule has 0 bridgehead atoms. The van der Waals surface area contributed by atoms with E-state index < -0.39 is 0 Å². The highest BCUT2D eigenvalue weighted by molar-refractivity contribution is 6.15. The van der Waals surface area contributed by atoms with Crippen LogP contribution in [0.4, 0.5) is 11.5 Å². The second kappa shape index (κ2) is 6.53. The SMILES string of the molecule is CC1=Nc2ccc(-n3ncc(C(=O)C4=Cc5ccc(CO)cc5C4)c3N)cc2C1. The molecule has 1 aliphatic carbocycles. The van der Waals surface area contributed by atoms with Gasteiger partial charge in [-0.1, -0.05) is 18.2 Å². The Morgan fingerprint density at radius 2 is 2.03 bits per heavy atom. The molecular formula is C23H20N4O2. The van der Waals surface area contributed by atoms with Crippen molar-refractivity contribution in [3.05, 3.63) is 76.0 Å². The normalized spacial score (nSPS) is 14.4. The number of nitrogen functional groups attached to an aromatic ring is 1. The van der Waals surface area contributed by atoms with Crippen LogP contribution in [0.3, 0.4) is 0 Å². The second-order valence-electron chi connectivity index (χ2n) is 7.56. The number of allylic oxidation sites excluding steroid dienone is 1. The largest absolute Gasteiger partial charge is 0.392 e. The molecule has 5 rings (SSSR count). The number of Topliss-reactive ketones (excluding diaryl/α,β-unsaturated/α-hetero) is 1. The summed E-state index contributed by atoms with van der Waals surface area (Å²) < 4.78 is 1.60. The fourth-order valence-corrected chi connectivity index (χ4v) is 4.03. The quantitative estimate of drug-likeness (QED) is 0.674. The van der Waals surface area contributed by atoms with Crippen molar-refractivity contribution in [1.29, 1.82) is 0 Å². The predicted molar refractivity (Wildman–Crippen MR) is 113 cm³/mol. The lowest BCUT2D eigenvalue weighted by atomic mass is 10.0. The third-order valence-electron chi connectivity index (χ3n) is 5.51. The van der Waals surface area contributed by atoms with E-state index >= 15 is 0 Å². The fraction of sp³-hybridized carbons (Fsp3) is 0.174. The van der Waals surface area contributed by atoms with Crippen molar-refractivity contribution in [2.45, 2.75) is 26.4 Å². The minimum Gasteiger partial charge on any atom is -0.392 e. The lowest BCUT2D eigenvalue weighted by molar-refractivity contribution is 0.103. The summed E-state index contributed by atoms with van der Waals surface area (Å²) in [6.07, 6.45) is 4.78. The van der Waals surface area contributed by atoms with E-state index in [0.717, 1.165) is 45.8 Å². The highest BCUT2D eigenvalue weighted by Gasteiger charge is 2.24. The zero-order valence-electron chi connectivity index (χ0n) is 16.0. The molecule has 0 spiro atoms. The van der Waals surface area contributed by atoms with Crippen LogP contribution in [0.1, 0.15) is 39.5 Å². The van der Waals surface area contributed by atoms with Gasteiger partial charge in [-0.05, 0) is 53.5 Å². The molecule has 6 nitrogen and oxygen atoms in total. The maximum absolute atomic E-state index is 13.1. The van der Waals surface area contributed by atoms with Gasteiger partial charge in [0, 0.05) is 24.1 Å². The first kappa shape index (κ1) is 17.6. The number of rotatable bonds is 4. The van der Waals surface area contributed by atoms with Crippen LogP contribution < -0.4 is 5.73 Å². The Morgan fingerprint density at radius 1 is 1.17 bits per heavy atom. The van der Waals surface area contributed by atoms with E-state index in [0.29, 0.717) is 23.4 Å². The minimum absolute atomic E-state index is 0.0123. The number of nitrogens with zero attached hydrogens (tertiary/aromatic N) is 3. The molecule has 144 valence electrons. The van der Waals surface area contributed by atoms with Crippen LogP contribution >= 0.6 is 0 Å². The summed E-state index contributed by atoms with van der Waals surface area (Å²) in [5.41, 5.74) is 14.3. The van der Waals surface area contributed by atoms with Gasteiger partial charge in [0.25, 0.3) is 0 Å². The van der Waals surface area contributed by atoms with Crippen molar-refractivity contribution in [2.75, 3.05) is 5.73 Å². The number of benzene rings is 2. The van der Waals surface area contributed by atoms with Crippen LogP contribution in [0.25, 0.3) is 11.8 Å². The molecule has 0 atom stereocenters. The van der Waals surface area contributed by atoms with E-state index in [4.69, 9.17) is 5.73 Å². The highest BCUT2D eigenvalue weighted by Crippen LogP contribution is 2.32. The summed E-state index contributed by atoms with van der Waals surface area (Å²) in [4.78, 5) is 17.6. The van der Waals surface area contributed by atoms with Crippen molar-refractivity contribution in [1.82, 2.24) is 9.78 Å². The van der Waals surface area contributed by atoms with Gasteiger partial charge in [-0.25, -0.2) is 4.68 Å². The smallest absolute Gasteiger partial charge is 0.194 e. The maximum atomic E-state index is 13.1. The molecule has 0 saturated heterocycles. The topological polar surface area (TPSA) is 93.5 Å². The Balaban J connectivity index is 1.43. The van der Waals surface area contributed by atoms with Gasteiger partial charge in [0.1, 0.15) is 5.82 Å². The van der Waals surface area contributed by atoms with Gasteiger partial charge in [-0.2, -0.15) is 5.10 Å². The zero-order chi connectivity index (χ0) is 20.1. The number of carbonyl (C=O) groups excluding carboxylic acids is 1. The average Bonchev–Trinajstić information content (AvgIpc) is 3.41. The van der Waals surface area contributed by atoms with Crippen LogP contribution in [0.15, 0.2) is 53.2 Å². The molecule has 2 aromatic carbocycles. The molecule has 3 N–H and O–H groups in total. The predicted octanol–water partition coefficient (Wildman–Crippen LogP) is 3.42. The highest BCUT2D eigenvalue weighted by atomic mass is 16.3. The molecule has 0 fully saturated rings. The Hall–Kier alpha value is -3.51. The van der Waals surface area contributed by atoms with E-state index in [-0.39, 0.29) is 12.4 Å². The fourth-order valence-electron chi connectivity index (χ4n) is 4.03. The van der Waals surface area contributed by atoms with Crippen LogP contribution in [-0.2, 0) is 19.4 Å². The molecule has 29 heavy (non-hydrogen) atoms. The molecule has 0 radical (unpaired) electrons. The Labute approximate surface area is 168 Å². The monoisotopic (exact) mass is 384 g/mol. The van der Waals surface area contributed by atoms with Crippen LogP contribution in [0.2, 0.25) is 0 Å². The number of fused-ring (bicyclic) bond motifs is 2. The van der Waals surface area contributed by atoms with Crippen molar-refractivity contribution >= 4 is 29.1 Å². The van der Waals surface area contributed by atoms with Crippen LogP contribution in [-0.4, -0.2) is 26.4 Å². The van der Waals surface area contributed by atoms with Crippen molar-refractivity contribution in [3.8, 4) is 5.69 Å². The molecule has 1 aromatic heterocycles. The summed E-state index contributed by atoms with van der Waals surface area (Å²) >= 11 is 0. The lowest BCUT2D eigenvalue weighted by Gasteiger charge is -2.07. The van der Waals surface area contributed by atoms with Gasteiger partial charge < -0.3 is 10.8 Å². The van der Waals surface area contributed by atoms with Crippen molar-refractivity contribution in [2.24, 2.45) is 4.99 Å². The zero-order valence-corrected chi connectivity index (χ0v) is 16.0. The Bertz CT molecular complexity index is 1230. The summed E-state index contributed by atoms with van der Waals surface area (Å²) in [5, 5.41) is 13.7. The molecule has 0 unspecified atom stereocenters. The number of aromatic nitrogens is 2. The average molecular weight is 384 g/mol. The molecule has 6 heteroatoms. The number of hydrogen-bond acceptors (Lipinski definition) is 5. The Morgan fingerprint density at radius 3 is 2.86 bits per heavy atom. The summed E-state index contributed by atoms with van der Waals surface area (Å²) in [7, 11) is 0. The van der Waals surface area contributed by atoms with Crippen LogP contribution in [0.5, 0.6) is 0 Å². The molecule has 0 amide bonds. The van der Waals surface area contributed by atoms with E-state index in [2.05, 4.69) is 10.1 Å². The first-order valence-corrected chi connectivity index (χ1v) is 9.52. The number of ketones is 1. The number of aliphatic imine (C=N–C) groups is 1. The standard InChI is InChI=1S/C23H20N4O2/c1-13-6-17-10-19(4-5-21(17)26-13)27-23(24)20(11-25-27)22(29)18-8-15-3-2-14(12-28)7-16(15)9-18/h2-5,7-8,10-11,28H,6,9,12,24H2,1H3. The Kier molecular flexibility index (Phi) is 3.96. The molecule has 2 heterocycles. The molecular weight excluding hydrogens is 364 g/mol. The first-order valence-electron chi connectivity index (χ1n) is 9.52. The van der Waals surface area contributed by atoms with E-state index in [9.17, 15) is 9.90 Å². The van der Waals surface area contributed by atoms with Gasteiger partial charge in [-0.15, -0.1) is 0 Å². The number of aliphatic hydroxyl groups is 1. The number of hydrogen-bond donors (Lipinski definition) is 2. The summed E-state index contributed by atoms with van der Waals surface area (Å²) in [6.45, 7) is 2.00. The minimum atomic E-state index is -0.115. The van der Waals surface area contributed by atoms with Gasteiger partial charge in [0.05, 0.1) is 29.7 Å². The number of carbonyl (C=O) groups is 1. The van der Waals surface area contributed by atoms with Gasteiger partial charge >= 0.3 is 0 Å². The van der Waals surface area contributed by atoms with Crippen molar-refractivity contribution < 1.29 is 9.90 Å². The van der Waals surface area contributed by atoms with Gasteiger partial charge in [0.15, 0.2) is 5.78 Å². The van der Waals surface area contributed by atoms with Crippen molar-refractivity contribution in [3.63, 3.8) is 0 Å². The number of aliphatic hydroxyl groups excluding tert-OH is 1. The van der Waals surface area contributed by atoms with Crippen LogP contribution in [0, 0.1) is 0 Å². The maximum Gasteiger partial charge on any atom is 0.194 e. The third kappa shape index (κ3) is 2.89. The van der Waals surface area contributed by atoms with E-state index in [1.807, 2.05) is 49.4 Å². The molecule has 2 aliphatic rings. The summed E-state index contributed by atoms with van der Waals surface area (Å²) in [5.74, 6) is 0.217.